The van der Waals surface area contributed by atoms with Crippen LogP contribution in [0.2, 0.25) is 0 Å². The highest BCUT2D eigenvalue weighted by atomic mass is 19.4. The second-order valence-electron chi connectivity index (χ2n) is 4.74. The molecular formula is C10H14F6O3. The highest BCUT2D eigenvalue weighted by molar-refractivity contribution is 5.61. The minimum Gasteiger partial charge on any atom is -0.429 e. The fourth-order valence-electron chi connectivity index (χ4n) is 1.16. The van der Waals surface area contributed by atoms with Crippen LogP contribution < -0.4 is 0 Å². The lowest BCUT2D eigenvalue weighted by atomic mass is 9.99. The van der Waals surface area contributed by atoms with E-state index in [2.05, 4.69) is 9.47 Å². The summed E-state index contributed by atoms with van der Waals surface area (Å²) in [5.74, 6) is 0. The molecule has 0 aromatic heterocycles. The Balaban J connectivity index is 5.37. The number of carbonyl (C=O) groups is 1. The Morgan fingerprint density at radius 3 is 1.47 bits per heavy atom. The number of hydrogen-bond acceptors (Lipinski definition) is 3. The van der Waals surface area contributed by atoms with Crippen molar-refractivity contribution in [1.29, 1.82) is 0 Å². The van der Waals surface area contributed by atoms with Gasteiger partial charge in [-0.05, 0) is 20.8 Å². The van der Waals surface area contributed by atoms with Gasteiger partial charge in [0, 0.05) is 6.42 Å². The van der Waals surface area contributed by atoms with Crippen molar-refractivity contribution in [1.82, 2.24) is 0 Å². The molecule has 0 saturated heterocycles. The molecule has 0 aliphatic heterocycles. The number of alkyl halides is 6. The van der Waals surface area contributed by atoms with Crippen molar-refractivity contribution in [2.75, 3.05) is 0 Å². The Kier molecular flexibility index (Phi) is 4.78. The van der Waals surface area contributed by atoms with Crippen LogP contribution in [0.4, 0.5) is 31.1 Å². The molecule has 9 heteroatoms. The van der Waals surface area contributed by atoms with E-state index < -0.39 is 36.1 Å². The van der Waals surface area contributed by atoms with E-state index in [1.54, 1.807) is 0 Å². The molecule has 0 aliphatic carbocycles. The summed E-state index contributed by atoms with van der Waals surface area (Å²) in [7, 11) is 0. The summed E-state index contributed by atoms with van der Waals surface area (Å²) in [6.07, 6.45) is -15.1. The van der Waals surface area contributed by atoms with Crippen LogP contribution in [0.1, 0.15) is 34.1 Å². The largest absolute Gasteiger partial charge is 0.510 e. The minimum atomic E-state index is -5.79. The van der Waals surface area contributed by atoms with E-state index in [4.69, 9.17) is 0 Å². The molecule has 0 radical (unpaired) electrons. The van der Waals surface area contributed by atoms with Gasteiger partial charge in [-0.3, -0.25) is 0 Å². The molecule has 19 heavy (non-hydrogen) atoms. The molecule has 0 heterocycles. The van der Waals surface area contributed by atoms with Gasteiger partial charge in [0.1, 0.15) is 5.60 Å². The maximum Gasteiger partial charge on any atom is 0.510 e. The van der Waals surface area contributed by atoms with E-state index in [9.17, 15) is 31.1 Å². The highest BCUT2D eigenvalue weighted by Crippen LogP contribution is 2.48. The molecule has 0 rings (SSSR count). The van der Waals surface area contributed by atoms with E-state index in [0.29, 0.717) is 6.92 Å². The fraction of sp³-hybridized carbons (Fsp3) is 0.900. The van der Waals surface area contributed by atoms with Gasteiger partial charge in [-0.15, -0.1) is 0 Å². The maximum atomic E-state index is 12.6. The molecule has 0 spiro atoms. The molecule has 0 atom stereocenters. The zero-order valence-corrected chi connectivity index (χ0v) is 10.7. The summed E-state index contributed by atoms with van der Waals surface area (Å²) in [4.78, 5) is 11.1. The first kappa shape index (κ1) is 17.8. The molecule has 0 N–H and O–H groups in total. The normalized spacial score (nSPS) is 14.2. The van der Waals surface area contributed by atoms with E-state index in [1.807, 2.05) is 0 Å². The Labute approximate surface area is 105 Å². The van der Waals surface area contributed by atoms with E-state index in [1.165, 1.54) is 20.8 Å². The average Bonchev–Trinajstić information content (AvgIpc) is 2.06. The van der Waals surface area contributed by atoms with Crippen molar-refractivity contribution in [3.8, 4) is 0 Å². The Morgan fingerprint density at radius 2 is 1.26 bits per heavy atom. The molecule has 3 nitrogen and oxygen atoms in total. The van der Waals surface area contributed by atoms with Gasteiger partial charge in [0.25, 0.3) is 0 Å². The molecule has 0 aromatic carbocycles. The van der Waals surface area contributed by atoms with Crippen molar-refractivity contribution in [3.63, 3.8) is 0 Å². The lowest BCUT2D eigenvalue weighted by Gasteiger charge is -2.35. The third-order valence-corrected chi connectivity index (χ3v) is 2.06. The molecular weight excluding hydrogens is 282 g/mol. The summed E-state index contributed by atoms with van der Waals surface area (Å²) in [6, 6.07) is 0. The van der Waals surface area contributed by atoms with Crippen LogP contribution in [0.5, 0.6) is 0 Å². The van der Waals surface area contributed by atoms with Gasteiger partial charge < -0.3 is 9.47 Å². The topological polar surface area (TPSA) is 35.5 Å². The van der Waals surface area contributed by atoms with Crippen molar-refractivity contribution < 1.29 is 40.6 Å². The SMILES string of the molecule is CCC(OC(=O)OC(C)(C)C)(C(F)(F)F)C(F)(F)F. The van der Waals surface area contributed by atoms with Crippen LogP contribution in [-0.4, -0.2) is 29.7 Å². The van der Waals surface area contributed by atoms with Crippen LogP contribution in [-0.2, 0) is 9.47 Å². The number of ether oxygens (including phenoxy) is 2. The lowest BCUT2D eigenvalue weighted by molar-refractivity contribution is -0.369. The Morgan fingerprint density at radius 1 is 0.895 bits per heavy atom. The third-order valence-electron chi connectivity index (χ3n) is 2.06. The van der Waals surface area contributed by atoms with Crippen molar-refractivity contribution >= 4 is 6.16 Å². The van der Waals surface area contributed by atoms with Crippen molar-refractivity contribution in [2.24, 2.45) is 0 Å². The molecule has 0 aliphatic rings. The number of hydrogen-bond donors (Lipinski definition) is 0. The van der Waals surface area contributed by atoms with Crippen LogP contribution >= 0.6 is 0 Å². The fourth-order valence-corrected chi connectivity index (χ4v) is 1.16. The van der Waals surface area contributed by atoms with Crippen molar-refractivity contribution in [2.45, 2.75) is 57.7 Å². The zero-order chi connectivity index (χ0) is 15.7. The van der Waals surface area contributed by atoms with Crippen LogP contribution in [0.25, 0.3) is 0 Å². The minimum absolute atomic E-state index is 0.616. The van der Waals surface area contributed by atoms with Gasteiger partial charge in [-0.25, -0.2) is 4.79 Å². The Hall–Kier alpha value is -1.15. The average molecular weight is 296 g/mol. The zero-order valence-electron chi connectivity index (χ0n) is 10.7. The second kappa shape index (κ2) is 5.09. The van der Waals surface area contributed by atoms with E-state index >= 15 is 0 Å². The predicted octanol–water partition coefficient (Wildman–Crippen LogP) is 4.21. The van der Waals surface area contributed by atoms with Crippen LogP contribution in [0.15, 0.2) is 0 Å². The lowest BCUT2D eigenvalue weighted by Crippen LogP contribution is -2.59. The van der Waals surface area contributed by atoms with Gasteiger partial charge in [0.2, 0.25) is 0 Å². The smallest absolute Gasteiger partial charge is 0.429 e. The van der Waals surface area contributed by atoms with Gasteiger partial charge in [0.15, 0.2) is 0 Å². The quantitative estimate of drug-likeness (QED) is 0.565. The predicted molar refractivity (Wildman–Crippen MR) is 52.5 cm³/mol. The van der Waals surface area contributed by atoms with Gasteiger partial charge in [-0.1, -0.05) is 6.92 Å². The summed E-state index contributed by atoms with van der Waals surface area (Å²) in [5.41, 5.74) is -5.84. The number of carbonyl (C=O) groups excluding carboxylic acids is 1. The Bertz CT molecular complexity index is 312. The third kappa shape index (κ3) is 4.17. The monoisotopic (exact) mass is 296 g/mol. The highest BCUT2D eigenvalue weighted by Gasteiger charge is 2.73. The summed E-state index contributed by atoms with van der Waals surface area (Å²) in [6.45, 7) is 4.46. The molecule has 0 aromatic rings. The molecule has 0 bridgehead atoms. The van der Waals surface area contributed by atoms with E-state index in [0.717, 1.165) is 0 Å². The standard InChI is InChI=1S/C10H14F6O3/c1-5-8(9(11,12)13,10(14,15)16)19-6(17)18-7(2,3)4/h5H2,1-4H3. The first-order chi connectivity index (χ1) is 8.16. The molecule has 0 unspecified atom stereocenters. The summed E-state index contributed by atoms with van der Waals surface area (Å²) in [5, 5.41) is 0. The first-order valence-electron chi connectivity index (χ1n) is 5.22. The van der Waals surface area contributed by atoms with E-state index in [-0.39, 0.29) is 0 Å². The maximum absolute atomic E-state index is 12.6. The molecule has 114 valence electrons. The summed E-state index contributed by atoms with van der Waals surface area (Å²) >= 11 is 0. The number of rotatable bonds is 2. The molecule has 0 amide bonds. The molecule has 0 fully saturated rings. The van der Waals surface area contributed by atoms with Gasteiger partial charge in [0.05, 0.1) is 0 Å². The number of halogens is 6. The van der Waals surface area contributed by atoms with Crippen molar-refractivity contribution in [3.05, 3.63) is 0 Å². The second-order valence-corrected chi connectivity index (χ2v) is 4.74. The van der Waals surface area contributed by atoms with Crippen LogP contribution in [0.3, 0.4) is 0 Å². The van der Waals surface area contributed by atoms with Gasteiger partial charge >= 0.3 is 24.1 Å². The molecule has 0 saturated carbocycles. The summed E-state index contributed by atoms with van der Waals surface area (Å²) < 4.78 is 83.6. The van der Waals surface area contributed by atoms with Gasteiger partial charge in [-0.2, -0.15) is 26.3 Å². The van der Waals surface area contributed by atoms with Crippen LogP contribution in [0, 0.1) is 0 Å². The first-order valence-corrected chi connectivity index (χ1v) is 5.22.